The first-order valence-corrected chi connectivity index (χ1v) is 10.5. The van der Waals surface area contributed by atoms with E-state index in [1.165, 1.54) is 26.2 Å². The SMILES string of the molecule is CCCCCCCCOC(CO)COC1C(=O)C(=O)O[C@]1(OCC(C)O)[C@@H](O)CO. The van der Waals surface area contributed by atoms with Gasteiger partial charge in [-0.3, -0.25) is 4.79 Å². The molecule has 10 nitrogen and oxygen atoms in total. The molecule has 0 aromatic carbocycles. The zero-order valence-corrected chi connectivity index (χ0v) is 17.8. The number of ether oxygens (including phenoxy) is 4. The van der Waals surface area contributed by atoms with Gasteiger partial charge in [-0.2, -0.15) is 0 Å². The zero-order chi connectivity index (χ0) is 22.6. The quantitative estimate of drug-likeness (QED) is 0.136. The average molecular weight is 436 g/mol. The molecule has 4 N–H and O–H groups in total. The first-order valence-electron chi connectivity index (χ1n) is 10.5. The van der Waals surface area contributed by atoms with Crippen molar-refractivity contribution in [1.29, 1.82) is 0 Å². The molecular formula is C20H36O10. The van der Waals surface area contributed by atoms with Crippen LogP contribution in [0.4, 0.5) is 0 Å². The van der Waals surface area contributed by atoms with Crippen LogP contribution in [0, 0.1) is 0 Å². The number of hydrogen-bond acceptors (Lipinski definition) is 10. The number of hydrogen-bond donors (Lipinski definition) is 4. The Labute approximate surface area is 177 Å². The molecule has 5 atom stereocenters. The fraction of sp³-hybridized carbons (Fsp3) is 0.900. The van der Waals surface area contributed by atoms with Gasteiger partial charge in [0.1, 0.15) is 12.2 Å². The third kappa shape index (κ3) is 7.84. The van der Waals surface area contributed by atoms with Gasteiger partial charge < -0.3 is 39.4 Å². The summed E-state index contributed by atoms with van der Waals surface area (Å²) in [5, 5.41) is 38.5. The van der Waals surface area contributed by atoms with Crippen molar-refractivity contribution in [2.75, 3.05) is 33.0 Å². The molecule has 1 aliphatic rings. The van der Waals surface area contributed by atoms with Crippen molar-refractivity contribution >= 4 is 11.8 Å². The third-order valence-corrected chi connectivity index (χ3v) is 4.75. The van der Waals surface area contributed by atoms with Gasteiger partial charge in [-0.15, -0.1) is 0 Å². The van der Waals surface area contributed by atoms with Crippen LogP contribution in [0.15, 0.2) is 0 Å². The highest BCUT2D eigenvalue weighted by molar-refractivity contribution is 6.37. The number of unbranched alkanes of at least 4 members (excludes halogenated alkanes) is 5. The van der Waals surface area contributed by atoms with Crippen LogP contribution in [0.5, 0.6) is 0 Å². The van der Waals surface area contributed by atoms with Gasteiger partial charge in [-0.05, 0) is 13.3 Å². The van der Waals surface area contributed by atoms with E-state index in [9.17, 15) is 30.0 Å². The van der Waals surface area contributed by atoms with Crippen molar-refractivity contribution in [2.24, 2.45) is 0 Å². The van der Waals surface area contributed by atoms with Gasteiger partial charge in [-0.1, -0.05) is 39.0 Å². The summed E-state index contributed by atoms with van der Waals surface area (Å²) in [6.07, 6.45) is 1.24. The van der Waals surface area contributed by atoms with Crippen LogP contribution >= 0.6 is 0 Å². The minimum absolute atomic E-state index is 0.267. The first-order chi connectivity index (χ1) is 14.3. The normalized spacial score (nSPS) is 24.7. The molecule has 0 saturated carbocycles. The Balaban J connectivity index is 2.66. The number of carbonyl (C=O) groups excluding carboxylic acids is 2. The fourth-order valence-corrected chi connectivity index (χ4v) is 3.04. The van der Waals surface area contributed by atoms with Crippen LogP contribution in [0.1, 0.15) is 52.4 Å². The molecule has 0 amide bonds. The van der Waals surface area contributed by atoms with Crippen molar-refractivity contribution < 1.29 is 49.0 Å². The maximum absolute atomic E-state index is 12.2. The van der Waals surface area contributed by atoms with E-state index in [1.54, 1.807) is 0 Å². The smallest absolute Gasteiger partial charge is 0.380 e. The molecule has 1 fully saturated rings. The lowest BCUT2D eigenvalue weighted by Gasteiger charge is -2.35. The predicted octanol–water partition coefficient (Wildman–Crippen LogP) is -0.318. The molecular weight excluding hydrogens is 400 g/mol. The number of aliphatic hydroxyl groups excluding tert-OH is 4. The summed E-state index contributed by atoms with van der Waals surface area (Å²) in [5.41, 5.74) is 0. The van der Waals surface area contributed by atoms with E-state index >= 15 is 0 Å². The first kappa shape index (κ1) is 26.9. The van der Waals surface area contributed by atoms with E-state index < -0.39 is 48.6 Å². The molecule has 10 heteroatoms. The van der Waals surface area contributed by atoms with Crippen molar-refractivity contribution in [3.05, 3.63) is 0 Å². The molecule has 1 aliphatic heterocycles. The van der Waals surface area contributed by atoms with E-state index in [0.717, 1.165) is 19.3 Å². The van der Waals surface area contributed by atoms with Crippen molar-refractivity contribution in [1.82, 2.24) is 0 Å². The lowest BCUT2D eigenvalue weighted by atomic mass is 10.0. The standard InChI is InChI=1S/C20H36O10/c1-3-4-5-6-7-8-9-27-15(10-21)13-28-18-17(25)19(26)30-20(18,16(24)11-22)29-12-14(2)23/h14-16,18,21-24H,3-13H2,1-2H3/t14?,15?,16-,18?,20+/m0/s1. The average Bonchev–Trinajstić information content (AvgIpc) is 2.98. The van der Waals surface area contributed by atoms with Gasteiger partial charge in [0.05, 0.1) is 32.5 Å². The summed E-state index contributed by atoms with van der Waals surface area (Å²) in [4.78, 5) is 24.1. The Morgan fingerprint density at radius 2 is 1.70 bits per heavy atom. The van der Waals surface area contributed by atoms with E-state index in [1.807, 2.05) is 0 Å². The van der Waals surface area contributed by atoms with E-state index in [4.69, 9.17) is 18.9 Å². The highest BCUT2D eigenvalue weighted by Gasteiger charge is 2.62. The highest BCUT2D eigenvalue weighted by Crippen LogP contribution is 2.33. The molecule has 1 heterocycles. The van der Waals surface area contributed by atoms with Gasteiger partial charge in [0.2, 0.25) is 0 Å². The molecule has 0 aromatic rings. The Morgan fingerprint density at radius 1 is 1.03 bits per heavy atom. The number of aliphatic hydroxyl groups is 4. The fourth-order valence-electron chi connectivity index (χ4n) is 3.04. The van der Waals surface area contributed by atoms with E-state index in [-0.39, 0.29) is 19.8 Å². The summed E-state index contributed by atoms with van der Waals surface area (Å²) in [6.45, 7) is 2.04. The van der Waals surface area contributed by atoms with Crippen LogP contribution in [-0.2, 0) is 28.5 Å². The maximum atomic E-state index is 12.2. The summed E-state index contributed by atoms with van der Waals surface area (Å²) in [5.74, 6) is -4.67. The van der Waals surface area contributed by atoms with Crippen molar-refractivity contribution in [2.45, 2.75) is 82.6 Å². The monoisotopic (exact) mass is 436 g/mol. The van der Waals surface area contributed by atoms with E-state index in [0.29, 0.717) is 6.61 Å². The van der Waals surface area contributed by atoms with Gasteiger partial charge in [0, 0.05) is 6.61 Å². The Kier molecular flexibility index (Phi) is 12.6. The molecule has 30 heavy (non-hydrogen) atoms. The predicted molar refractivity (Wildman–Crippen MR) is 104 cm³/mol. The molecule has 176 valence electrons. The lowest BCUT2D eigenvalue weighted by Crippen LogP contribution is -2.57. The second kappa shape index (κ2) is 14.0. The van der Waals surface area contributed by atoms with Crippen LogP contribution in [0.2, 0.25) is 0 Å². The molecule has 0 radical (unpaired) electrons. The third-order valence-electron chi connectivity index (χ3n) is 4.75. The summed E-state index contributed by atoms with van der Waals surface area (Å²) in [6, 6.07) is 0. The molecule has 1 saturated heterocycles. The molecule has 1 rings (SSSR count). The van der Waals surface area contributed by atoms with Gasteiger partial charge in [0.25, 0.3) is 11.6 Å². The molecule has 3 unspecified atom stereocenters. The Hall–Kier alpha value is -1.14. The van der Waals surface area contributed by atoms with Crippen molar-refractivity contribution in [3.8, 4) is 0 Å². The van der Waals surface area contributed by atoms with Crippen LogP contribution < -0.4 is 0 Å². The lowest BCUT2D eigenvalue weighted by molar-refractivity contribution is -0.300. The number of Topliss-reactive ketones (excluding diaryl/α,β-unsaturated/α-hetero) is 1. The van der Waals surface area contributed by atoms with Gasteiger partial charge in [-0.25, -0.2) is 4.79 Å². The second-order valence-corrected chi connectivity index (χ2v) is 7.49. The van der Waals surface area contributed by atoms with Crippen LogP contribution in [0.25, 0.3) is 0 Å². The number of carbonyl (C=O) groups is 2. The van der Waals surface area contributed by atoms with Crippen molar-refractivity contribution in [3.63, 3.8) is 0 Å². The summed E-state index contributed by atoms with van der Waals surface area (Å²) >= 11 is 0. The molecule has 0 aromatic heterocycles. The summed E-state index contributed by atoms with van der Waals surface area (Å²) in [7, 11) is 0. The Bertz CT molecular complexity index is 512. The summed E-state index contributed by atoms with van der Waals surface area (Å²) < 4.78 is 21.3. The largest absolute Gasteiger partial charge is 0.421 e. The number of ketones is 1. The van der Waals surface area contributed by atoms with Gasteiger partial charge in [0.15, 0.2) is 6.10 Å². The van der Waals surface area contributed by atoms with Gasteiger partial charge >= 0.3 is 5.97 Å². The Morgan fingerprint density at radius 3 is 2.30 bits per heavy atom. The van der Waals surface area contributed by atoms with Crippen LogP contribution in [0.3, 0.4) is 0 Å². The molecule has 0 spiro atoms. The number of cyclic esters (lactones) is 1. The minimum Gasteiger partial charge on any atom is -0.421 e. The minimum atomic E-state index is -2.29. The zero-order valence-electron chi connectivity index (χ0n) is 17.8. The maximum Gasteiger partial charge on any atom is 0.380 e. The van der Waals surface area contributed by atoms with Crippen LogP contribution in [-0.4, -0.2) is 95.4 Å². The number of esters is 1. The highest BCUT2D eigenvalue weighted by atomic mass is 16.8. The molecule has 0 bridgehead atoms. The van der Waals surface area contributed by atoms with E-state index in [2.05, 4.69) is 6.92 Å². The second-order valence-electron chi connectivity index (χ2n) is 7.49. The number of rotatable bonds is 17. The topological polar surface area (TPSA) is 152 Å². The molecule has 0 aliphatic carbocycles.